The largest absolute Gasteiger partial charge is 0.347 e. The first-order valence-electron chi connectivity index (χ1n) is 6.17. The van der Waals surface area contributed by atoms with Crippen LogP contribution in [-0.4, -0.2) is 48.0 Å². The lowest BCUT2D eigenvalue weighted by Gasteiger charge is -2.26. The van der Waals surface area contributed by atoms with Gasteiger partial charge < -0.3 is 9.80 Å². The van der Waals surface area contributed by atoms with Crippen molar-refractivity contribution in [2.45, 2.75) is 12.3 Å². The predicted octanol–water partition coefficient (Wildman–Crippen LogP) is 1.66. The zero-order valence-electron chi connectivity index (χ0n) is 11.4. The number of amides is 2. The Balaban J connectivity index is 2.23. The Morgan fingerprint density at radius 1 is 1.42 bits per heavy atom. The minimum Gasteiger partial charge on any atom is -0.347 e. The molecule has 4 nitrogen and oxygen atoms in total. The molecule has 0 aromatic heterocycles. The van der Waals surface area contributed by atoms with Crippen molar-refractivity contribution in [1.29, 1.82) is 0 Å². The van der Waals surface area contributed by atoms with Gasteiger partial charge in [0.15, 0.2) is 0 Å². The average Bonchev–Trinajstić information content (AvgIpc) is 2.72. The van der Waals surface area contributed by atoms with Crippen LogP contribution in [0.5, 0.6) is 0 Å². The number of aryl methyl sites for hydroxylation is 1. The van der Waals surface area contributed by atoms with Crippen LogP contribution in [0.15, 0.2) is 24.3 Å². The average molecular weight is 278 g/mol. The van der Waals surface area contributed by atoms with E-state index in [0.29, 0.717) is 5.75 Å². The molecular weight excluding hydrogens is 260 g/mol. The van der Waals surface area contributed by atoms with E-state index in [-0.39, 0.29) is 23.7 Å². The third-order valence-electron chi connectivity index (χ3n) is 3.23. The lowest BCUT2D eigenvalue weighted by Crippen LogP contribution is -2.38. The van der Waals surface area contributed by atoms with Gasteiger partial charge in [-0.05, 0) is 18.1 Å². The first kappa shape index (κ1) is 13.9. The molecule has 1 heterocycles. The van der Waals surface area contributed by atoms with E-state index >= 15 is 0 Å². The van der Waals surface area contributed by atoms with Gasteiger partial charge in [0.1, 0.15) is 11.9 Å². The third-order valence-corrected chi connectivity index (χ3v) is 4.46. The predicted molar refractivity (Wildman–Crippen MR) is 76.8 cm³/mol. The molecule has 1 unspecified atom stereocenters. The first-order chi connectivity index (χ1) is 9.00. The van der Waals surface area contributed by atoms with Crippen LogP contribution in [0.4, 0.5) is 0 Å². The lowest BCUT2D eigenvalue weighted by molar-refractivity contribution is -0.137. The zero-order chi connectivity index (χ0) is 14.0. The summed E-state index contributed by atoms with van der Waals surface area (Å²) < 4.78 is 0. The normalized spacial score (nSPS) is 18.8. The summed E-state index contributed by atoms with van der Waals surface area (Å²) in [5, 5.41) is -0.0439. The molecule has 1 aromatic carbocycles. The molecule has 0 bridgehead atoms. The maximum Gasteiger partial charge on any atom is 0.241 e. The van der Waals surface area contributed by atoms with E-state index in [1.807, 2.05) is 31.2 Å². The van der Waals surface area contributed by atoms with E-state index in [4.69, 9.17) is 0 Å². The Kier molecular flexibility index (Phi) is 4.14. The van der Waals surface area contributed by atoms with Gasteiger partial charge in [-0.15, -0.1) is 11.8 Å². The Bertz CT molecular complexity index is 502. The second-order valence-corrected chi connectivity index (χ2v) is 5.90. The molecule has 1 aliphatic heterocycles. The highest BCUT2D eigenvalue weighted by Crippen LogP contribution is 2.39. The van der Waals surface area contributed by atoms with Gasteiger partial charge in [-0.3, -0.25) is 9.59 Å². The third kappa shape index (κ3) is 2.92. The molecule has 2 amide bonds. The topological polar surface area (TPSA) is 40.6 Å². The molecule has 0 spiro atoms. The van der Waals surface area contributed by atoms with Crippen molar-refractivity contribution < 1.29 is 9.59 Å². The molecule has 102 valence electrons. The van der Waals surface area contributed by atoms with Gasteiger partial charge >= 0.3 is 0 Å². The summed E-state index contributed by atoms with van der Waals surface area (Å²) in [6.07, 6.45) is 0. The molecule has 1 atom stereocenters. The van der Waals surface area contributed by atoms with Gasteiger partial charge in [0.2, 0.25) is 11.8 Å². The molecule has 0 aliphatic carbocycles. The summed E-state index contributed by atoms with van der Waals surface area (Å²) in [5.74, 6) is 0.433. The highest BCUT2D eigenvalue weighted by atomic mass is 32.2. The number of thioether (sulfide) groups is 1. The molecule has 19 heavy (non-hydrogen) atoms. The Labute approximate surface area is 117 Å². The molecule has 0 N–H and O–H groups in total. The Morgan fingerprint density at radius 2 is 2.11 bits per heavy atom. The number of rotatable bonds is 3. The summed E-state index contributed by atoms with van der Waals surface area (Å²) in [7, 11) is 3.41. The van der Waals surface area contributed by atoms with Crippen LogP contribution < -0.4 is 0 Å². The summed E-state index contributed by atoms with van der Waals surface area (Å²) in [4.78, 5) is 27.0. The number of carbonyl (C=O) groups is 2. The van der Waals surface area contributed by atoms with Crippen LogP contribution in [0.25, 0.3) is 0 Å². The quantitative estimate of drug-likeness (QED) is 0.844. The van der Waals surface area contributed by atoms with E-state index in [1.54, 1.807) is 30.8 Å². The summed E-state index contributed by atoms with van der Waals surface area (Å²) in [6.45, 7) is 2.18. The van der Waals surface area contributed by atoms with E-state index in [2.05, 4.69) is 0 Å². The maximum atomic E-state index is 12.0. The Morgan fingerprint density at radius 3 is 2.74 bits per heavy atom. The van der Waals surface area contributed by atoms with Crippen LogP contribution in [0.1, 0.15) is 16.5 Å². The molecule has 1 aliphatic rings. The molecular formula is C14H18N2O2S. The second-order valence-electron chi connectivity index (χ2n) is 4.83. The minimum absolute atomic E-state index is 0.0356. The van der Waals surface area contributed by atoms with Crippen LogP contribution in [0.3, 0.4) is 0 Å². The number of likely N-dealkylation sites (N-methyl/N-ethyl adjacent to an activating group) is 1. The molecule has 1 fully saturated rings. The fourth-order valence-electron chi connectivity index (χ4n) is 2.03. The van der Waals surface area contributed by atoms with Crippen LogP contribution in [0.2, 0.25) is 0 Å². The number of hydrogen-bond acceptors (Lipinski definition) is 3. The number of nitrogens with zero attached hydrogens (tertiary/aromatic N) is 2. The fourth-order valence-corrected chi connectivity index (χ4v) is 3.32. The van der Waals surface area contributed by atoms with Gasteiger partial charge in [-0.1, -0.05) is 24.3 Å². The highest BCUT2D eigenvalue weighted by Gasteiger charge is 2.34. The van der Waals surface area contributed by atoms with Gasteiger partial charge in [0, 0.05) is 14.1 Å². The number of carbonyl (C=O) groups excluding carboxylic acids is 2. The van der Waals surface area contributed by atoms with E-state index < -0.39 is 0 Å². The smallest absolute Gasteiger partial charge is 0.241 e. The highest BCUT2D eigenvalue weighted by molar-refractivity contribution is 8.00. The molecule has 0 saturated carbocycles. The second kappa shape index (κ2) is 5.65. The van der Waals surface area contributed by atoms with Gasteiger partial charge in [0.25, 0.3) is 0 Å². The summed E-state index contributed by atoms with van der Waals surface area (Å²) >= 11 is 1.59. The first-order valence-corrected chi connectivity index (χ1v) is 7.22. The molecule has 1 saturated heterocycles. The van der Waals surface area contributed by atoms with Crippen LogP contribution >= 0.6 is 11.8 Å². The lowest BCUT2D eigenvalue weighted by atomic mass is 10.1. The standard InChI is InChI=1S/C14H18N2O2S/c1-10-6-4-5-7-11(10)14-16(13(18)9-19-14)8-12(17)15(2)3/h4-7,14H,8-9H2,1-3H3. The van der Waals surface area contributed by atoms with E-state index in [1.165, 1.54) is 4.90 Å². The summed E-state index contributed by atoms with van der Waals surface area (Å²) in [6, 6.07) is 8.01. The molecule has 1 aromatic rings. The van der Waals surface area contributed by atoms with Crippen molar-refractivity contribution in [2.75, 3.05) is 26.4 Å². The van der Waals surface area contributed by atoms with Crippen LogP contribution in [-0.2, 0) is 9.59 Å². The van der Waals surface area contributed by atoms with Gasteiger partial charge in [-0.2, -0.15) is 0 Å². The molecule has 5 heteroatoms. The van der Waals surface area contributed by atoms with Gasteiger partial charge in [-0.25, -0.2) is 0 Å². The molecule has 0 radical (unpaired) electrons. The van der Waals surface area contributed by atoms with E-state index in [0.717, 1.165) is 11.1 Å². The van der Waals surface area contributed by atoms with Crippen molar-refractivity contribution in [3.63, 3.8) is 0 Å². The maximum absolute atomic E-state index is 12.0. The van der Waals surface area contributed by atoms with Crippen LogP contribution in [0, 0.1) is 6.92 Å². The Hall–Kier alpha value is -1.49. The van der Waals surface area contributed by atoms with E-state index in [9.17, 15) is 9.59 Å². The van der Waals surface area contributed by atoms with Crippen molar-refractivity contribution >= 4 is 23.6 Å². The fraction of sp³-hybridized carbons (Fsp3) is 0.429. The van der Waals surface area contributed by atoms with Crippen molar-refractivity contribution in [3.05, 3.63) is 35.4 Å². The van der Waals surface area contributed by atoms with Crippen molar-refractivity contribution in [1.82, 2.24) is 9.80 Å². The SMILES string of the molecule is Cc1ccccc1C1SCC(=O)N1CC(=O)N(C)C. The monoisotopic (exact) mass is 278 g/mol. The van der Waals surface area contributed by atoms with Crippen molar-refractivity contribution in [2.24, 2.45) is 0 Å². The number of hydrogen-bond donors (Lipinski definition) is 0. The zero-order valence-corrected chi connectivity index (χ0v) is 12.2. The minimum atomic E-state index is -0.0468. The van der Waals surface area contributed by atoms with Crippen molar-refractivity contribution in [3.8, 4) is 0 Å². The van der Waals surface area contributed by atoms with Gasteiger partial charge in [0.05, 0.1) is 5.75 Å². The molecule has 2 rings (SSSR count). The number of benzene rings is 1. The summed E-state index contributed by atoms with van der Waals surface area (Å²) in [5.41, 5.74) is 2.27.